The van der Waals surface area contributed by atoms with Gasteiger partial charge in [0.05, 0.1) is 17.8 Å². The lowest BCUT2D eigenvalue weighted by Crippen LogP contribution is -2.30. The highest BCUT2D eigenvalue weighted by molar-refractivity contribution is 7.80. The lowest BCUT2D eigenvalue weighted by atomic mass is 10.0. The van der Waals surface area contributed by atoms with E-state index in [9.17, 15) is 0 Å². The number of rotatable bonds is 6. The van der Waals surface area contributed by atoms with Crippen molar-refractivity contribution >= 4 is 23.0 Å². The van der Waals surface area contributed by atoms with Crippen molar-refractivity contribution in [1.29, 1.82) is 0 Å². The molecule has 2 aromatic heterocycles. The van der Waals surface area contributed by atoms with E-state index < -0.39 is 0 Å². The fourth-order valence-electron chi connectivity index (χ4n) is 5.51. The number of ether oxygens (including phenoxy) is 1. The number of hydrogen-bond donors (Lipinski definition) is 1. The van der Waals surface area contributed by atoms with Crippen LogP contribution in [0.3, 0.4) is 0 Å². The summed E-state index contributed by atoms with van der Waals surface area (Å²) in [6, 6.07) is 27.0. The summed E-state index contributed by atoms with van der Waals surface area (Å²) in [6.07, 6.45) is 9.11. The van der Waals surface area contributed by atoms with Gasteiger partial charge in [0.1, 0.15) is 11.8 Å². The van der Waals surface area contributed by atoms with E-state index in [1.807, 2.05) is 18.3 Å². The Morgan fingerprint density at radius 1 is 0.917 bits per heavy atom. The quantitative estimate of drug-likeness (QED) is 0.303. The molecule has 4 aromatic rings. The maximum absolute atomic E-state index is 6.22. The van der Waals surface area contributed by atoms with Crippen LogP contribution in [0.25, 0.3) is 5.69 Å². The van der Waals surface area contributed by atoms with E-state index in [4.69, 9.17) is 21.9 Å². The van der Waals surface area contributed by atoms with E-state index in [0.717, 1.165) is 41.4 Å². The average molecular weight is 495 g/mol. The van der Waals surface area contributed by atoms with Crippen LogP contribution in [-0.2, 0) is 0 Å². The number of aromatic nitrogens is 2. The van der Waals surface area contributed by atoms with Crippen LogP contribution in [0.1, 0.15) is 54.7 Å². The van der Waals surface area contributed by atoms with Crippen LogP contribution in [0.5, 0.6) is 5.75 Å². The first-order chi connectivity index (χ1) is 17.7. The molecule has 1 saturated heterocycles. The molecule has 2 aliphatic rings. The van der Waals surface area contributed by atoms with Gasteiger partial charge in [0, 0.05) is 29.5 Å². The van der Waals surface area contributed by atoms with E-state index in [-0.39, 0.29) is 12.1 Å². The Bertz CT molecular complexity index is 1340. The zero-order valence-electron chi connectivity index (χ0n) is 20.4. The molecule has 3 heterocycles. The van der Waals surface area contributed by atoms with Gasteiger partial charge in [-0.2, -0.15) is 0 Å². The lowest BCUT2D eigenvalue weighted by molar-refractivity contribution is 0.210. The van der Waals surface area contributed by atoms with E-state index in [0.29, 0.717) is 11.2 Å². The minimum absolute atomic E-state index is 0.0800. The Kier molecular flexibility index (Phi) is 6.20. The van der Waals surface area contributed by atoms with E-state index in [1.165, 1.54) is 18.4 Å². The van der Waals surface area contributed by atoms with Gasteiger partial charge in [-0.15, -0.1) is 0 Å². The minimum Gasteiger partial charge on any atom is -0.490 e. The Hall–Kier alpha value is -3.64. The Morgan fingerprint density at radius 2 is 1.69 bits per heavy atom. The first-order valence-corrected chi connectivity index (χ1v) is 13.1. The molecule has 2 atom stereocenters. The van der Waals surface area contributed by atoms with Crippen molar-refractivity contribution < 1.29 is 4.74 Å². The SMILES string of the molecule is Cc1ccccc1-n1cccc1C1C(c2ccccn2)NC(=S)N1c1ccc(OC2CCCC2)cc1. The van der Waals surface area contributed by atoms with E-state index in [2.05, 4.69) is 94.6 Å². The second-order valence-electron chi connectivity index (χ2n) is 9.60. The van der Waals surface area contributed by atoms with Gasteiger partial charge >= 0.3 is 0 Å². The molecule has 2 fully saturated rings. The standard InChI is InChI=1S/C30H30N4OS/c1-21-9-2-5-13-26(21)33-20-8-14-27(33)29-28(25-12-6-7-19-31-25)32-30(36)34(29)22-15-17-24(18-16-22)35-23-10-3-4-11-23/h2,5-9,12-20,23,28-29H,3-4,10-11H2,1H3,(H,32,36). The molecule has 2 aromatic carbocycles. The van der Waals surface area contributed by atoms with Crippen molar-refractivity contribution in [3.05, 3.63) is 108 Å². The summed E-state index contributed by atoms with van der Waals surface area (Å²) in [7, 11) is 0. The number of pyridine rings is 1. The van der Waals surface area contributed by atoms with Crippen LogP contribution in [0.2, 0.25) is 0 Å². The highest BCUT2D eigenvalue weighted by Gasteiger charge is 2.42. The predicted octanol–water partition coefficient (Wildman–Crippen LogP) is 6.68. The molecule has 5 nitrogen and oxygen atoms in total. The zero-order valence-corrected chi connectivity index (χ0v) is 21.2. The number of aryl methyl sites for hydroxylation is 1. The minimum atomic E-state index is -0.0919. The van der Waals surface area contributed by atoms with Gasteiger partial charge in [0.2, 0.25) is 0 Å². The number of benzene rings is 2. The van der Waals surface area contributed by atoms with Crippen molar-refractivity contribution in [1.82, 2.24) is 14.9 Å². The Labute approximate surface area is 217 Å². The van der Waals surface area contributed by atoms with Crippen LogP contribution in [0.15, 0.2) is 91.3 Å². The van der Waals surface area contributed by atoms with E-state index in [1.54, 1.807) is 0 Å². The summed E-state index contributed by atoms with van der Waals surface area (Å²) >= 11 is 5.93. The van der Waals surface area contributed by atoms with Crippen molar-refractivity contribution in [3.63, 3.8) is 0 Å². The third-order valence-electron chi connectivity index (χ3n) is 7.28. The molecule has 6 heteroatoms. The number of nitrogens with zero attached hydrogens (tertiary/aromatic N) is 3. The third kappa shape index (κ3) is 4.26. The molecule has 36 heavy (non-hydrogen) atoms. The summed E-state index contributed by atoms with van der Waals surface area (Å²) in [4.78, 5) is 6.92. The fourth-order valence-corrected chi connectivity index (χ4v) is 5.85. The molecule has 0 spiro atoms. The Morgan fingerprint density at radius 3 is 2.44 bits per heavy atom. The molecule has 2 unspecified atom stereocenters. The van der Waals surface area contributed by atoms with Crippen LogP contribution in [0, 0.1) is 6.92 Å². The molecular formula is C30H30N4OS. The normalized spacial score (nSPS) is 20.0. The van der Waals surface area contributed by atoms with Gasteiger partial charge < -0.3 is 19.5 Å². The van der Waals surface area contributed by atoms with Gasteiger partial charge in [0.25, 0.3) is 0 Å². The number of anilines is 1. The summed E-state index contributed by atoms with van der Waals surface area (Å²) in [5.74, 6) is 0.921. The predicted molar refractivity (Wildman–Crippen MR) is 148 cm³/mol. The van der Waals surface area contributed by atoms with Crippen molar-refractivity contribution in [3.8, 4) is 11.4 Å². The summed E-state index contributed by atoms with van der Waals surface area (Å²) in [5.41, 5.74) is 5.53. The molecule has 1 saturated carbocycles. The zero-order chi connectivity index (χ0) is 24.5. The monoisotopic (exact) mass is 494 g/mol. The molecule has 0 radical (unpaired) electrons. The average Bonchev–Trinajstić information content (AvgIpc) is 3.66. The topological polar surface area (TPSA) is 42.3 Å². The molecule has 6 rings (SSSR count). The van der Waals surface area contributed by atoms with E-state index >= 15 is 0 Å². The first kappa shape index (κ1) is 22.8. The van der Waals surface area contributed by atoms with Gasteiger partial charge in [-0.1, -0.05) is 24.3 Å². The number of nitrogens with one attached hydrogen (secondary N) is 1. The van der Waals surface area contributed by atoms with Crippen LogP contribution < -0.4 is 15.0 Å². The molecule has 1 aliphatic carbocycles. The number of hydrogen-bond acceptors (Lipinski definition) is 3. The molecular weight excluding hydrogens is 464 g/mol. The number of para-hydroxylation sites is 1. The first-order valence-electron chi connectivity index (χ1n) is 12.7. The molecule has 1 aliphatic heterocycles. The van der Waals surface area contributed by atoms with Crippen molar-refractivity contribution in [2.75, 3.05) is 4.90 Å². The second kappa shape index (κ2) is 9.78. The van der Waals surface area contributed by atoms with Crippen LogP contribution >= 0.6 is 12.2 Å². The van der Waals surface area contributed by atoms with Crippen LogP contribution in [-0.4, -0.2) is 20.8 Å². The maximum Gasteiger partial charge on any atom is 0.174 e. The summed E-state index contributed by atoms with van der Waals surface area (Å²) in [6.45, 7) is 2.15. The molecule has 1 N–H and O–H groups in total. The largest absolute Gasteiger partial charge is 0.490 e. The Balaban J connectivity index is 1.40. The maximum atomic E-state index is 6.22. The highest BCUT2D eigenvalue weighted by Crippen LogP contribution is 2.42. The molecule has 0 bridgehead atoms. The van der Waals surface area contributed by atoms with Crippen molar-refractivity contribution in [2.24, 2.45) is 0 Å². The summed E-state index contributed by atoms with van der Waals surface area (Å²) < 4.78 is 8.49. The number of thiocarbonyl (C=S) groups is 1. The van der Waals surface area contributed by atoms with Crippen molar-refractivity contribution in [2.45, 2.75) is 50.8 Å². The second-order valence-corrected chi connectivity index (χ2v) is 9.99. The molecule has 182 valence electrons. The lowest BCUT2D eigenvalue weighted by Gasteiger charge is -2.29. The van der Waals surface area contributed by atoms with Gasteiger partial charge in [-0.25, -0.2) is 0 Å². The van der Waals surface area contributed by atoms with Gasteiger partial charge in [0.15, 0.2) is 5.11 Å². The van der Waals surface area contributed by atoms with Gasteiger partial charge in [-0.3, -0.25) is 4.98 Å². The van der Waals surface area contributed by atoms with Gasteiger partial charge in [-0.05, 0) is 105 Å². The third-order valence-corrected chi connectivity index (χ3v) is 7.59. The summed E-state index contributed by atoms with van der Waals surface area (Å²) in [5, 5.41) is 4.27. The molecule has 0 amide bonds. The fraction of sp³-hybridized carbons (Fsp3) is 0.267. The highest BCUT2D eigenvalue weighted by atomic mass is 32.1. The smallest absolute Gasteiger partial charge is 0.174 e. The van der Waals surface area contributed by atoms with Crippen LogP contribution in [0.4, 0.5) is 5.69 Å².